The van der Waals surface area contributed by atoms with E-state index in [0.717, 1.165) is 16.2 Å². The molecule has 0 saturated heterocycles. The Hall–Kier alpha value is -2.80. The number of nitrogens with zero attached hydrogens (tertiary/aromatic N) is 2. The fourth-order valence-corrected chi connectivity index (χ4v) is 2.92. The number of carbonyl (C=O) groups is 1. The van der Waals surface area contributed by atoms with Crippen molar-refractivity contribution < 1.29 is 18.7 Å². The minimum Gasteiger partial charge on any atom is -0.497 e. The molecule has 0 aliphatic heterocycles. The molecule has 0 amide bonds. The molecule has 1 atom stereocenters. The molecule has 3 aromatic rings. The van der Waals surface area contributed by atoms with Crippen LogP contribution in [0.1, 0.15) is 29.3 Å². The summed E-state index contributed by atoms with van der Waals surface area (Å²) >= 11 is 1.49. The van der Waals surface area contributed by atoms with E-state index in [1.165, 1.54) is 11.8 Å². The van der Waals surface area contributed by atoms with Crippen molar-refractivity contribution >= 4 is 17.7 Å². The Morgan fingerprint density at radius 2 is 1.85 bits per heavy atom. The molecular formula is C19H18N2O4S. The van der Waals surface area contributed by atoms with E-state index < -0.39 is 12.1 Å². The van der Waals surface area contributed by atoms with Gasteiger partial charge < -0.3 is 13.9 Å². The van der Waals surface area contributed by atoms with E-state index in [-0.39, 0.29) is 5.89 Å². The van der Waals surface area contributed by atoms with E-state index in [1.807, 2.05) is 42.7 Å². The summed E-state index contributed by atoms with van der Waals surface area (Å²) in [4.78, 5) is 13.3. The molecular weight excluding hydrogens is 352 g/mol. The molecule has 6 nitrogen and oxygen atoms in total. The molecule has 1 heterocycles. The highest BCUT2D eigenvalue weighted by molar-refractivity contribution is 7.98. The number of ether oxygens (including phenoxy) is 2. The van der Waals surface area contributed by atoms with Crippen LogP contribution in [0.2, 0.25) is 0 Å². The van der Waals surface area contributed by atoms with Crippen LogP contribution in [0, 0.1) is 0 Å². The van der Waals surface area contributed by atoms with Crippen LogP contribution in [0.3, 0.4) is 0 Å². The number of carbonyl (C=O) groups excluding carboxylic acids is 1. The summed E-state index contributed by atoms with van der Waals surface area (Å²) in [5.74, 6) is 0.913. The zero-order valence-corrected chi connectivity index (χ0v) is 15.4. The Labute approximate surface area is 155 Å². The predicted octanol–water partition coefficient (Wildman–Crippen LogP) is 4.39. The highest BCUT2D eigenvalue weighted by atomic mass is 32.2. The maximum Gasteiger partial charge on any atom is 0.340 e. The molecule has 3 rings (SSSR count). The molecule has 0 bridgehead atoms. The van der Waals surface area contributed by atoms with Gasteiger partial charge in [-0.05, 0) is 49.6 Å². The lowest BCUT2D eigenvalue weighted by atomic mass is 10.2. The van der Waals surface area contributed by atoms with E-state index in [2.05, 4.69) is 10.2 Å². The lowest BCUT2D eigenvalue weighted by Crippen LogP contribution is -2.10. The first-order chi connectivity index (χ1) is 12.6. The second kappa shape index (κ2) is 8.05. The lowest BCUT2D eigenvalue weighted by molar-refractivity contribution is 0.0276. The molecule has 0 unspecified atom stereocenters. The maximum absolute atomic E-state index is 12.4. The van der Waals surface area contributed by atoms with E-state index in [9.17, 15) is 4.79 Å². The lowest BCUT2D eigenvalue weighted by Gasteiger charge is -2.11. The Kier molecular flexibility index (Phi) is 5.58. The predicted molar refractivity (Wildman–Crippen MR) is 98.3 cm³/mol. The van der Waals surface area contributed by atoms with E-state index in [4.69, 9.17) is 13.9 Å². The molecule has 2 aromatic carbocycles. The van der Waals surface area contributed by atoms with Crippen molar-refractivity contribution in [2.75, 3.05) is 13.4 Å². The van der Waals surface area contributed by atoms with Crippen molar-refractivity contribution in [3.8, 4) is 17.2 Å². The Morgan fingerprint density at radius 1 is 1.12 bits per heavy atom. The summed E-state index contributed by atoms with van der Waals surface area (Å²) in [6.07, 6.45) is 1.26. The average Bonchev–Trinajstić information content (AvgIpc) is 3.18. The summed E-state index contributed by atoms with van der Waals surface area (Å²) in [5, 5.41) is 8.02. The van der Waals surface area contributed by atoms with Gasteiger partial charge in [0, 0.05) is 10.5 Å². The molecule has 7 heteroatoms. The summed E-state index contributed by atoms with van der Waals surface area (Å²) in [6, 6.07) is 14.5. The molecule has 0 aliphatic rings. The fourth-order valence-electron chi connectivity index (χ4n) is 2.34. The van der Waals surface area contributed by atoms with Crippen molar-refractivity contribution in [1.82, 2.24) is 10.2 Å². The minimum atomic E-state index is -0.656. The Bertz CT molecular complexity index is 893. The van der Waals surface area contributed by atoms with E-state index in [1.54, 1.807) is 26.2 Å². The number of rotatable bonds is 6. The quantitative estimate of drug-likeness (QED) is 0.471. The molecule has 26 heavy (non-hydrogen) atoms. The first-order valence-corrected chi connectivity index (χ1v) is 9.16. The van der Waals surface area contributed by atoms with Crippen LogP contribution in [0.25, 0.3) is 11.5 Å². The zero-order valence-electron chi connectivity index (χ0n) is 14.6. The van der Waals surface area contributed by atoms with Gasteiger partial charge in [-0.25, -0.2) is 4.79 Å². The highest BCUT2D eigenvalue weighted by Crippen LogP contribution is 2.26. The number of thioether (sulfide) groups is 1. The summed E-state index contributed by atoms with van der Waals surface area (Å²) in [5.41, 5.74) is 1.28. The van der Waals surface area contributed by atoms with Crippen molar-refractivity contribution in [2.45, 2.75) is 17.9 Å². The van der Waals surface area contributed by atoms with Crippen molar-refractivity contribution in [1.29, 1.82) is 0 Å². The second-order valence-corrected chi connectivity index (χ2v) is 6.27. The number of esters is 1. The topological polar surface area (TPSA) is 74.5 Å². The average molecular weight is 370 g/mol. The van der Waals surface area contributed by atoms with Crippen molar-refractivity contribution in [3.63, 3.8) is 0 Å². The molecule has 0 aliphatic carbocycles. The van der Waals surface area contributed by atoms with Crippen molar-refractivity contribution in [3.05, 3.63) is 60.0 Å². The third-order valence-electron chi connectivity index (χ3n) is 3.74. The van der Waals surface area contributed by atoms with Gasteiger partial charge in [0.05, 0.1) is 12.7 Å². The number of aromatic nitrogens is 2. The van der Waals surface area contributed by atoms with Crippen LogP contribution in [0.15, 0.2) is 57.8 Å². The molecule has 1 aromatic heterocycles. The van der Waals surface area contributed by atoms with Gasteiger partial charge in [-0.3, -0.25) is 0 Å². The first-order valence-electron chi connectivity index (χ1n) is 7.94. The number of hydrogen-bond acceptors (Lipinski definition) is 7. The third kappa shape index (κ3) is 3.88. The van der Waals surface area contributed by atoms with Gasteiger partial charge >= 0.3 is 5.97 Å². The van der Waals surface area contributed by atoms with Crippen LogP contribution in [-0.2, 0) is 4.74 Å². The summed E-state index contributed by atoms with van der Waals surface area (Å²) in [6.45, 7) is 1.70. The number of benzene rings is 2. The third-order valence-corrected chi connectivity index (χ3v) is 4.53. The van der Waals surface area contributed by atoms with Crippen molar-refractivity contribution in [2.24, 2.45) is 0 Å². The smallest absolute Gasteiger partial charge is 0.340 e. The van der Waals surface area contributed by atoms with Gasteiger partial charge in [-0.1, -0.05) is 12.1 Å². The Morgan fingerprint density at radius 3 is 2.54 bits per heavy atom. The van der Waals surface area contributed by atoms with Crippen LogP contribution >= 0.6 is 11.8 Å². The molecule has 0 saturated carbocycles. The maximum atomic E-state index is 12.4. The summed E-state index contributed by atoms with van der Waals surface area (Å²) < 4.78 is 16.3. The SMILES string of the molecule is COc1ccc(-c2nnc([C@H](C)OC(=O)c3ccccc3SC)o2)cc1. The van der Waals surface area contributed by atoms with Gasteiger partial charge in [0.25, 0.3) is 5.89 Å². The number of methoxy groups -OCH3 is 1. The largest absolute Gasteiger partial charge is 0.497 e. The second-order valence-electron chi connectivity index (χ2n) is 5.42. The van der Waals surface area contributed by atoms with Gasteiger partial charge in [0.2, 0.25) is 5.89 Å². The van der Waals surface area contributed by atoms with E-state index >= 15 is 0 Å². The standard InChI is InChI=1S/C19H18N2O4S/c1-12(24-19(22)15-6-4-5-7-16(15)26-3)17-20-21-18(25-17)13-8-10-14(23-2)11-9-13/h4-12H,1-3H3/t12-/m0/s1. The van der Waals surface area contributed by atoms with Crippen LogP contribution < -0.4 is 4.74 Å². The molecule has 0 radical (unpaired) electrons. The molecule has 0 spiro atoms. The van der Waals surface area contributed by atoms with Gasteiger partial charge in [-0.15, -0.1) is 22.0 Å². The van der Waals surface area contributed by atoms with Gasteiger partial charge in [0.15, 0.2) is 6.10 Å². The van der Waals surface area contributed by atoms with E-state index in [0.29, 0.717) is 11.5 Å². The van der Waals surface area contributed by atoms with Gasteiger partial charge in [-0.2, -0.15) is 0 Å². The Balaban J connectivity index is 1.73. The molecule has 134 valence electrons. The molecule has 0 fully saturated rings. The normalized spacial score (nSPS) is 11.8. The fraction of sp³-hybridized carbons (Fsp3) is 0.211. The zero-order chi connectivity index (χ0) is 18.5. The van der Waals surface area contributed by atoms with Crippen LogP contribution in [0.4, 0.5) is 0 Å². The van der Waals surface area contributed by atoms with Gasteiger partial charge in [0.1, 0.15) is 5.75 Å². The first kappa shape index (κ1) is 18.0. The molecule has 0 N–H and O–H groups in total. The minimum absolute atomic E-state index is 0.241. The van der Waals surface area contributed by atoms with Crippen LogP contribution in [-0.4, -0.2) is 29.5 Å². The van der Waals surface area contributed by atoms with Crippen LogP contribution in [0.5, 0.6) is 5.75 Å². The highest BCUT2D eigenvalue weighted by Gasteiger charge is 2.21. The number of hydrogen-bond donors (Lipinski definition) is 0. The summed E-state index contributed by atoms with van der Waals surface area (Å²) in [7, 11) is 1.60. The monoisotopic (exact) mass is 370 g/mol.